The lowest BCUT2D eigenvalue weighted by molar-refractivity contribution is 0.0832. The predicted octanol–water partition coefficient (Wildman–Crippen LogP) is 1.26. The third-order valence-electron chi connectivity index (χ3n) is 3.57. The van der Waals surface area contributed by atoms with Gasteiger partial charge in [-0.1, -0.05) is 18.7 Å². The fourth-order valence-electron chi connectivity index (χ4n) is 2.34. The fraction of sp³-hybridized carbons (Fsp3) is 0.917. The van der Waals surface area contributed by atoms with Crippen LogP contribution in [0.2, 0.25) is 0 Å². The molecule has 1 aliphatic carbocycles. The van der Waals surface area contributed by atoms with Crippen molar-refractivity contribution in [2.75, 3.05) is 19.8 Å². The van der Waals surface area contributed by atoms with Gasteiger partial charge in [-0.05, 0) is 42.7 Å². The summed E-state index contributed by atoms with van der Waals surface area (Å²) in [5.74, 6) is 0. The van der Waals surface area contributed by atoms with Gasteiger partial charge in [0.15, 0.2) is 0 Å². The van der Waals surface area contributed by atoms with Gasteiger partial charge in [0.2, 0.25) is 5.16 Å². The molecule has 0 bridgehead atoms. The largest absolute Gasteiger partial charge is 0.380 e. The molecule has 2 heterocycles. The van der Waals surface area contributed by atoms with Crippen LogP contribution in [0.25, 0.3) is 0 Å². The number of ether oxygens (including phenoxy) is 1. The molecule has 0 aromatic carbocycles. The molecule has 3 rings (SSSR count). The first-order valence-corrected chi connectivity index (χ1v) is 8.02. The van der Waals surface area contributed by atoms with Crippen LogP contribution in [0.5, 0.6) is 0 Å². The molecule has 2 atom stereocenters. The van der Waals surface area contributed by atoms with E-state index in [4.69, 9.17) is 4.74 Å². The average molecular weight is 283 g/mol. The Morgan fingerprint density at radius 2 is 2.32 bits per heavy atom. The quantitative estimate of drug-likeness (QED) is 0.848. The summed E-state index contributed by atoms with van der Waals surface area (Å²) < 4.78 is 7.60. The van der Waals surface area contributed by atoms with Gasteiger partial charge in [0.1, 0.15) is 0 Å². The van der Waals surface area contributed by atoms with Crippen LogP contribution in [0, 0.1) is 0 Å². The second-order valence-electron chi connectivity index (χ2n) is 5.22. The van der Waals surface area contributed by atoms with E-state index in [0.717, 1.165) is 37.8 Å². The maximum atomic E-state index is 5.62. The zero-order chi connectivity index (χ0) is 13.1. The number of tetrazole rings is 1. The van der Waals surface area contributed by atoms with Gasteiger partial charge < -0.3 is 10.1 Å². The first-order valence-electron chi connectivity index (χ1n) is 7.14. The van der Waals surface area contributed by atoms with E-state index in [1.807, 2.05) is 4.68 Å². The molecule has 2 unspecified atom stereocenters. The van der Waals surface area contributed by atoms with E-state index < -0.39 is 0 Å². The lowest BCUT2D eigenvalue weighted by Gasteiger charge is -2.31. The molecule has 19 heavy (non-hydrogen) atoms. The lowest BCUT2D eigenvalue weighted by Crippen LogP contribution is -2.45. The monoisotopic (exact) mass is 283 g/mol. The molecule has 0 amide bonds. The molecule has 2 aliphatic rings. The molecule has 1 saturated heterocycles. The topological polar surface area (TPSA) is 64.9 Å². The van der Waals surface area contributed by atoms with Crippen molar-refractivity contribution in [1.82, 2.24) is 25.5 Å². The van der Waals surface area contributed by atoms with Gasteiger partial charge in [-0.15, -0.1) is 5.10 Å². The highest BCUT2D eigenvalue weighted by Gasteiger charge is 2.32. The molecule has 1 saturated carbocycles. The minimum atomic E-state index is 0.406. The van der Waals surface area contributed by atoms with Crippen LogP contribution in [-0.4, -0.2) is 51.3 Å². The summed E-state index contributed by atoms with van der Waals surface area (Å²) >= 11 is 1.76. The molecule has 0 radical (unpaired) electrons. The average Bonchev–Trinajstić information content (AvgIpc) is 3.18. The Morgan fingerprint density at radius 3 is 3.11 bits per heavy atom. The van der Waals surface area contributed by atoms with Crippen LogP contribution in [0.4, 0.5) is 0 Å². The molecule has 7 heteroatoms. The van der Waals surface area contributed by atoms with Crippen molar-refractivity contribution in [1.29, 1.82) is 0 Å². The number of rotatable bonds is 6. The Morgan fingerprint density at radius 1 is 1.42 bits per heavy atom. The maximum Gasteiger partial charge on any atom is 0.209 e. The van der Waals surface area contributed by atoms with Crippen LogP contribution in [-0.2, 0) is 4.74 Å². The zero-order valence-electron chi connectivity index (χ0n) is 11.3. The van der Waals surface area contributed by atoms with Crippen LogP contribution in [0.3, 0.4) is 0 Å². The van der Waals surface area contributed by atoms with E-state index in [0.29, 0.717) is 17.3 Å². The third kappa shape index (κ3) is 3.27. The fourth-order valence-corrected chi connectivity index (χ4v) is 3.55. The number of hydrogen-bond acceptors (Lipinski definition) is 6. The standard InChI is InChI=1S/C12H21N5OS/c1-2-6-13-10-5-7-18-8-11(10)19-12-14-15-16-17(12)9-3-4-9/h9-11,13H,2-8H2,1H3. The first kappa shape index (κ1) is 13.3. The predicted molar refractivity (Wildman–Crippen MR) is 73.3 cm³/mol. The van der Waals surface area contributed by atoms with E-state index in [1.54, 1.807) is 11.8 Å². The highest BCUT2D eigenvalue weighted by Crippen LogP contribution is 2.38. The molecule has 106 valence electrons. The van der Waals surface area contributed by atoms with Crippen molar-refractivity contribution < 1.29 is 4.74 Å². The Hall–Kier alpha value is -0.660. The van der Waals surface area contributed by atoms with Crippen molar-refractivity contribution in [2.24, 2.45) is 0 Å². The molecule has 2 fully saturated rings. The van der Waals surface area contributed by atoms with Crippen molar-refractivity contribution >= 4 is 11.8 Å². The van der Waals surface area contributed by atoms with Gasteiger partial charge in [-0.2, -0.15) is 0 Å². The Labute approximate surface area is 117 Å². The molecule has 1 aromatic rings. The van der Waals surface area contributed by atoms with Crippen LogP contribution < -0.4 is 5.32 Å². The molecule has 1 N–H and O–H groups in total. The normalized spacial score (nSPS) is 27.6. The van der Waals surface area contributed by atoms with Gasteiger partial charge >= 0.3 is 0 Å². The SMILES string of the molecule is CCCNC1CCOCC1Sc1nnnn1C1CC1. The molecule has 1 aromatic heterocycles. The summed E-state index contributed by atoms with van der Waals surface area (Å²) in [4.78, 5) is 0. The van der Waals surface area contributed by atoms with Crippen LogP contribution >= 0.6 is 11.8 Å². The molecule has 0 spiro atoms. The molecular formula is C12H21N5OS. The van der Waals surface area contributed by atoms with Gasteiger partial charge in [-0.3, -0.25) is 0 Å². The van der Waals surface area contributed by atoms with Gasteiger partial charge in [-0.25, -0.2) is 4.68 Å². The minimum absolute atomic E-state index is 0.406. The summed E-state index contributed by atoms with van der Waals surface area (Å²) in [6.45, 7) is 4.90. The smallest absolute Gasteiger partial charge is 0.209 e. The number of thioether (sulfide) groups is 1. The van der Waals surface area contributed by atoms with Crippen molar-refractivity contribution in [3.8, 4) is 0 Å². The van der Waals surface area contributed by atoms with Crippen molar-refractivity contribution in [3.05, 3.63) is 0 Å². The van der Waals surface area contributed by atoms with Crippen LogP contribution in [0.15, 0.2) is 5.16 Å². The molecular weight excluding hydrogens is 262 g/mol. The summed E-state index contributed by atoms with van der Waals surface area (Å²) in [7, 11) is 0. The summed E-state index contributed by atoms with van der Waals surface area (Å²) in [6.07, 6.45) is 4.64. The molecule has 6 nitrogen and oxygen atoms in total. The van der Waals surface area contributed by atoms with E-state index >= 15 is 0 Å². The van der Waals surface area contributed by atoms with Crippen molar-refractivity contribution in [3.63, 3.8) is 0 Å². The third-order valence-corrected chi connectivity index (χ3v) is 4.82. The highest BCUT2D eigenvalue weighted by atomic mass is 32.2. The van der Waals surface area contributed by atoms with Gasteiger partial charge in [0.05, 0.1) is 17.9 Å². The Bertz CT molecular complexity index is 409. The van der Waals surface area contributed by atoms with E-state index in [1.165, 1.54) is 12.8 Å². The Balaban J connectivity index is 1.63. The van der Waals surface area contributed by atoms with E-state index in [-0.39, 0.29) is 0 Å². The maximum absolute atomic E-state index is 5.62. The minimum Gasteiger partial charge on any atom is -0.380 e. The number of aromatic nitrogens is 4. The van der Waals surface area contributed by atoms with Gasteiger partial charge in [0.25, 0.3) is 0 Å². The lowest BCUT2D eigenvalue weighted by atomic mass is 10.1. The van der Waals surface area contributed by atoms with E-state index in [2.05, 4.69) is 27.8 Å². The zero-order valence-corrected chi connectivity index (χ0v) is 12.1. The van der Waals surface area contributed by atoms with Crippen molar-refractivity contribution in [2.45, 2.75) is 55.1 Å². The summed E-state index contributed by atoms with van der Waals surface area (Å²) in [5, 5.41) is 17.1. The second-order valence-corrected chi connectivity index (χ2v) is 6.42. The highest BCUT2D eigenvalue weighted by molar-refractivity contribution is 7.99. The number of hydrogen-bond donors (Lipinski definition) is 1. The number of nitrogens with zero attached hydrogens (tertiary/aromatic N) is 4. The Kier molecular flexibility index (Phi) is 4.35. The van der Waals surface area contributed by atoms with E-state index in [9.17, 15) is 0 Å². The molecule has 1 aliphatic heterocycles. The number of nitrogens with one attached hydrogen (secondary N) is 1. The second kappa shape index (κ2) is 6.19. The summed E-state index contributed by atoms with van der Waals surface area (Å²) in [5.41, 5.74) is 0. The van der Waals surface area contributed by atoms with Gasteiger partial charge in [0, 0.05) is 12.6 Å². The van der Waals surface area contributed by atoms with Crippen LogP contribution in [0.1, 0.15) is 38.6 Å². The summed E-state index contributed by atoms with van der Waals surface area (Å²) in [6, 6.07) is 1.03. The first-order chi connectivity index (χ1) is 9.38.